The van der Waals surface area contributed by atoms with Crippen molar-refractivity contribution in [3.05, 3.63) is 35.5 Å². The van der Waals surface area contributed by atoms with Crippen molar-refractivity contribution in [1.29, 1.82) is 0 Å². The summed E-state index contributed by atoms with van der Waals surface area (Å²) in [6, 6.07) is 8.56. The third-order valence-electron chi connectivity index (χ3n) is 3.39. The average Bonchev–Trinajstić information content (AvgIpc) is 2.72. The molecule has 0 saturated carbocycles. The Kier molecular flexibility index (Phi) is 3.85. The Bertz CT molecular complexity index is 553. The topological polar surface area (TPSA) is 32.9 Å². The van der Waals surface area contributed by atoms with Crippen LogP contribution >= 0.6 is 0 Å². The lowest BCUT2D eigenvalue weighted by Crippen LogP contribution is -2.04. The summed E-state index contributed by atoms with van der Waals surface area (Å²) >= 11 is 0. The molecule has 0 amide bonds. The largest absolute Gasteiger partial charge is 0.358 e. The van der Waals surface area contributed by atoms with Gasteiger partial charge in [0.15, 0.2) is 0 Å². The molecule has 2 heteroatoms. The number of aromatic amines is 1. The molecule has 18 heavy (non-hydrogen) atoms. The van der Waals surface area contributed by atoms with Crippen LogP contribution in [-0.4, -0.2) is 10.8 Å². The standard InChI is InChI=1S/C16H21NO/c1-4-5-14(18)9-12(3)16-10-13-8-11(2)6-7-15(13)17-16/h6-8,10,12,17H,4-5,9H2,1-3H3/t12-/m0/s1. The Morgan fingerprint density at radius 3 is 2.83 bits per heavy atom. The average molecular weight is 243 g/mol. The maximum absolute atomic E-state index is 11.7. The van der Waals surface area contributed by atoms with Crippen LogP contribution in [0.2, 0.25) is 0 Å². The Balaban J connectivity index is 2.17. The number of fused-ring (bicyclic) bond motifs is 1. The third-order valence-corrected chi connectivity index (χ3v) is 3.39. The highest BCUT2D eigenvalue weighted by atomic mass is 16.1. The lowest BCUT2D eigenvalue weighted by molar-refractivity contribution is -0.119. The molecule has 1 aromatic heterocycles. The van der Waals surface area contributed by atoms with E-state index in [1.165, 1.54) is 16.6 Å². The fourth-order valence-corrected chi connectivity index (χ4v) is 2.37. The van der Waals surface area contributed by atoms with Gasteiger partial charge in [0.1, 0.15) is 5.78 Å². The smallest absolute Gasteiger partial charge is 0.133 e. The number of rotatable bonds is 5. The molecule has 0 saturated heterocycles. The molecule has 0 aliphatic heterocycles. The number of nitrogens with one attached hydrogen (secondary N) is 1. The third kappa shape index (κ3) is 2.81. The minimum Gasteiger partial charge on any atom is -0.358 e. The molecule has 2 nitrogen and oxygen atoms in total. The summed E-state index contributed by atoms with van der Waals surface area (Å²) in [4.78, 5) is 15.1. The van der Waals surface area contributed by atoms with Crippen molar-refractivity contribution in [3.63, 3.8) is 0 Å². The van der Waals surface area contributed by atoms with E-state index in [1.807, 2.05) is 6.92 Å². The first kappa shape index (κ1) is 12.9. The molecular formula is C16H21NO. The molecule has 2 aromatic rings. The molecule has 0 radical (unpaired) electrons. The van der Waals surface area contributed by atoms with Gasteiger partial charge >= 0.3 is 0 Å². The predicted molar refractivity (Wildman–Crippen MR) is 76.0 cm³/mol. The first-order valence-corrected chi connectivity index (χ1v) is 6.71. The number of carbonyl (C=O) groups is 1. The molecule has 0 unspecified atom stereocenters. The first-order chi connectivity index (χ1) is 8.60. The Labute approximate surface area is 108 Å². The molecule has 96 valence electrons. The minimum absolute atomic E-state index is 0.275. The van der Waals surface area contributed by atoms with Crippen LogP contribution in [0.25, 0.3) is 10.9 Å². The van der Waals surface area contributed by atoms with Crippen molar-refractivity contribution in [2.24, 2.45) is 0 Å². The van der Waals surface area contributed by atoms with Crippen LogP contribution in [0.3, 0.4) is 0 Å². The second-order valence-electron chi connectivity index (χ2n) is 5.21. The van der Waals surface area contributed by atoms with Crippen molar-refractivity contribution in [3.8, 4) is 0 Å². The molecule has 2 rings (SSSR count). The van der Waals surface area contributed by atoms with E-state index in [-0.39, 0.29) is 5.92 Å². The number of benzene rings is 1. The normalized spacial score (nSPS) is 12.8. The maximum atomic E-state index is 11.7. The van der Waals surface area contributed by atoms with Gasteiger partial charge in [0.2, 0.25) is 0 Å². The van der Waals surface area contributed by atoms with Crippen molar-refractivity contribution < 1.29 is 4.79 Å². The van der Waals surface area contributed by atoms with Gasteiger partial charge in [-0.15, -0.1) is 0 Å². The molecule has 0 spiro atoms. The fourth-order valence-electron chi connectivity index (χ4n) is 2.37. The number of H-pyrrole nitrogens is 1. The fraction of sp³-hybridized carbons (Fsp3) is 0.438. The van der Waals surface area contributed by atoms with Crippen LogP contribution in [0.15, 0.2) is 24.3 Å². The van der Waals surface area contributed by atoms with Crippen LogP contribution in [0, 0.1) is 6.92 Å². The van der Waals surface area contributed by atoms with Gasteiger partial charge < -0.3 is 4.98 Å². The summed E-state index contributed by atoms with van der Waals surface area (Å²) in [5, 5.41) is 1.24. The van der Waals surface area contributed by atoms with E-state index in [4.69, 9.17) is 0 Å². The van der Waals surface area contributed by atoms with Crippen molar-refractivity contribution in [2.75, 3.05) is 0 Å². The molecule has 1 aromatic carbocycles. The summed E-state index contributed by atoms with van der Waals surface area (Å²) in [5.41, 5.74) is 3.59. The van der Waals surface area contributed by atoms with E-state index in [0.29, 0.717) is 18.6 Å². The summed E-state index contributed by atoms with van der Waals surface area (Å²) in [6.45, 7) is 6.26. The van der Waals surface area contributed by atoms with Crippen LogP contribution in [0.4, 0.5) is 0 Å². The van der Waals surface area contributed by atoms with E-state index in [0.717, 1.165) is 11.9 Å². The number of ketones is 1. The van der Waals surface area contributed by atoms with Gasteiger partial charge in [0.05, 0.1) is 0 Å². The zero-order chi connectivity index (χ0) is 13.1. The number of aryl methyl sites for hydroxylation is 1. The molecular weight excluding hydrogens is 222 g/mol. The zero-order valence-corrected chi connectivity index (χ0v) is 11.4. The number of hydrogen-bond acceptors (Lipinski definition) is 1. The van der Waals surface area contributed by atoms with Crippen molar-refractivity contribution in [1.82, 2.24) is 4.98 Å². The van der Waals surface area contributed by atoms with Gasteiger partial charge in [0.25, 0.3) is 0 Å². The summed E-state index contributed by atoms with van der Waals surface area (Å²) in [6.07, 6.45) is 2.28. The maximum Gasteiger partial charge on any atom is 0.133 e. The lowest BCUT2D eigenvalue weighted by Gasteiger charge is -2.07. The number of hydrogen-bond donors (Lipinski definition) is 1. The lowest BCUT2D eigenvalue weighted by atomic mass is 9.99. The minimum atomic E-state index is 0.275. The van der Waals surface area contributed by atoms with E-state index >= 15 is 0 Å². The second kappa shape index (κ2) is 5.38. The van der Waals surface area contributed by atoms with Crippen LogP contribution in [0.1, 0.15) is 50.3 Å². The molecule has 0 aliphatic carbocycles. The predicted octanol–water partition coefficient (Wildman–Crippen LogP) is 4.34. The molecule has 1 N–H and O–H groups in total. The van der Waals surface area contributed by atoms with E-state index in [1.54, 1.807) is 0 Å². The van der Waals surface area contributed by atoms with Gasteiger partial charge in [-0.05, 0) is 36.9 Å². The number of aromatic nitrogens is 1. The quantitative estimate of drug-likeness (QED) is 0.832. The SMILES string of the molecule is CCCC(=O)C[C@H](C)c1cc2cc(C)ccc2[nH]1. The van der Waals surface area contributed by atoms with Crippen LogP contribution < -0.4 is 0 Å². The zero-order valence-electron chi connectivity index (χ0n) is 11.4. The van der Waals surface area contributed by atoms with E-state index < -0.39 is 0 Å². The highest BCUT2D eigenvalue weighted by Crippen LogP contribution is 2.24. The molecule has 0 fully saturated rings. The highest BCUT2D eigenvalue weighted by molar-refractivity contribution is 5.82. The summed E-state index contributed by atoms with van der Waals surface area (Å²) in [5.74, 6) is 0.636. The van der Waals surface area contributed by atoms with Crippen LogP contribution in [0.5, 0.6) is 0 Å². The van der Waals surface area contributed by atoms with Crippen LogP contribution in [-0.2, 0) is 4.79 Å². The second-order valence-corrected chi connectivity index (χ2v) is 5.21. The first-order valence-electron chi connectivity index (χ1n) is 6.71. The van der Waals surface area contributed by atoms with E-state index in [2.05, 4.69) is 43.1 Å². The molecule has 0 bridgehead atoms. The van der Waals surface area contributed by atoms with Crippen molar-refractivity contribution in [2.45, 2.75) is 46.0 Å². The molecule has 0 aliphatic rings. The highest BCUT2D eigenvalue weighted by Gasteiger charge is 2.13. The van der Waals surface area contributed by atoms with Gasteiger partial charge in [-0.25, -0.2) is 0 Å². The number of Topliss-reactive ketones (excluding diaryl/α,β-unsaturated/α-hetero) is 1. The molecule has 1 heterocycles. The molecule has 1 atom stereocenters. The van der Waals surface area contributed by atoms with Gasteiger partial charge in [0, 0.05) is 30.0 Å². The Morgan fingerprint density at radius 1 is 1.33 bits per heavy atom. The Morgan fingerprint density at radius 2 is 2.11 bits per heavy atom. The number of carbonyl (C=O) groups excluding carboxylic acids is 1. The summed E-state index contributed by atoms with van der Waals surface area (Å²) in [7, 11) is 0. The van der Waals surface area contributed by atoms with E-state index in [9.17, 15) is 4.79 Å². The van der Waals surface area contributed by atoms with Crippen molar-refractivity contribution >= 4 is 16.7 Å². The summed E-state index contributed by atoms with van der Waals surface area (Å²) < 4.78 is 0. The van der Waals surface area contributed by atoms with Gasteiger partial charge in [-0.2, -0.15) is 0 Å². The Hall–Kier alpha value is -1.57. The van der Waals surface area contributed by atoms with Gasteiger partial charge in [-0.1, -0.05) is 25.5 Å². The van der Waals surface area contributed by atoms with Gasteiger partial charge in [-0.3, -0.25) is 4.79 Å². The monoisotopic (exact) mass is 243 g/mol.